The molecule has 0 bridgehead atoms. The molecular weight excluding hydrogens is 252 g/mol. The van der Waals surface area contributed by atoms with Crippen LogP contribution in [0.5, 0.6) is 0 Å². The molecule has 20 heavy (non-hydrogen) atoms. The van der Waals surface area contributed by atoms with Gasteiger partial charge in [0.2, 0.25) is 0 Å². The highest BCUT2D eigenvalue weighted by molar-refractivity contribution is 5.75. The van der Waals surface area contributed by atoms with Crippen molar-refractivity contribution in [3.05, 3.63) is 29.8 Å². The first-order valence-electron chi connectivity index (χ1n) is 7.17. The molecule has 1 atom stereocenters. The molecule has 0 saturated carbocycles. The van der Waals surface area contributed by atoms with Crippen LogP contribution in [0, 0.1) is 6.92 Å². The summed E-state index contributed by atoms with van der Waals surface area (Å²) in [4.78, 5) is 13.9. The molecular formula is C16H26N2O2. The molecule has 4 nitrogen and oxygen atoms in total. The summed E-state index contributed by atoms with van der Waals surface area (Å²) >= 11 is 0. The minimum atomic E-state index is -0.229. The average Bonchev–Trinajstić information content (AvgIpc) is 2.46. The van der Waals surface area contributed by atoms with Crippen molar-refractivity contribution >= 4 is 11.7 Å². The summed E-state index contributed by atoms with van der Waals surface area (Å²) in [5, 5.41) is 3.24. The maximum absolute atomic E-state index is 11.7. The number of nitrogens with one attached hydrogen (secondary N) is 1. The Morgan fingerprint density at radius 2 is 2.20 bits per heavy atom. The molecule has 1 unspecified atom stereocenters. The van der Waals surface area contributed by atoms with E-state index in [4.69, 9.17) is 4.74 Å². The van der Waals surface area contributed by atoms with Crippen LogP contribution in [0.25, 0.3) is 0 Å². The Bertz CT molecular complexity index is 421. The van der Waals surface area contributed by atoms with Gasteiger partial charge >= 0.3 is 5.97 Å². The molecule has 0 amide bonds. The van der Waals surface area contributed by atoms with Gasteiger partial charge < -0.3 is 15.0 Å². The minimum absolute atomic E-state index is 0.184. The molecule has 4 heteroatoms. The second kappa shape index (κ2) is 8.59. The number of benzene rings is 1. The van der Waals surface area contributed by atoms with E-state index in [0.29, 0.717) is 0 Å². The van der Waals surface area contributed by atoms with Crippen molar-refractivity contribution in [3.8, 4) is 0 Å². The zero-order valence-electron chi connectivity index (χ0n) is 13.0. The van der Waals surface area contributed by atoms with Gasteiger partial charge in [-0.1, -0.05) is 19.1 Å². The van der Waals surface area contributed by atoms with Gasteiger partial charge in [0.1, 0.15) is 6.04 Å². The first-order valence-corrected chi connectivity index (χ1v) is 7.17. The Morgan fingerprint density at radius 1 is 1.45 bits per heavy atom. The van der Waals surface area contributed by atoms with Crippen molar-refractivity contribution in [1.82, 2.24) is 5.32 Å². The second-order valence-electron chi connectivity index (χ2n) is 5.08. The third-order valence-corrected chi connectivity index (χ3v) is 3.32. The van der Waals surface area contributed by atoms with Crippen molar-refractivity contribution in [2.24, 2.45) is 0 Å². The average molecular weight is 278 g/mol. The molecule has 1 aromatic rings. The van der Waals surface area contributed by atoms with E-state index in [-0.39, 0.29) is 12.0 Å². The molecule has 0 aliphatic carbocycles. The first-order chi connectivity index (χ1) is 9.58. The molecule has 0 radical (unpaired) electrons. The van der Waals surface area contributed by atoms with Gasteiger partial charge in [-0.05, 0) is 44.0 Å². The molecule has 0 aliphatic rings. The molecule has 0 aromatic heterocycles. The van der Waals surface area contributed by atoms with Crippen molar-refractivity contribution in [2.45, 2.75) is 32.7 Å². The van der Waals surface area contributed by atoms with E-state index in [0.717, 1.165) is 25.9 Å². The summed E-state index contributed by atoms with van der Waals surface area (Å²) in [6, 6.07) is 8.13. The van der Waals surface area contributed by atoms with Crippen LogP contribution in [0.2, 0.25) is 0 Å². The maximum atomic E-state index is 11.7. The van der Waals surface area contributed by atoms with Gasteiger partial charge in [-0.15, -0.1) is 0 Å². The fourth-order valence-corrected chi connectivity index (χ4v) is 2.08. The fraction of sp³-hybridized carbons (Fsp3) is 0.562. The molecule has 0 aliphatic heterocycles. The minimum Gasteiger partial charge on any atom is -0.468 e. The number of esters is 1. The Kier molecular flexibility index (Phi) is 7.09. The van der Waals surface area contributed by atoms with Crippen LogP contribution in [-0.2, 0) is 9.53 Å². The van der Waals surface area contributed by atoms with Crippen LogP contribution in [0.1, 0.15) is 25.3 Å². The topological polar surface area (TPSA) is 41.6 Å². The largest absolute Gasteiger partial charge is 0.468 e. The molecule has 1 rings (SSSR count). The number of anilines is 1. The third-order valence-electron chi connectivity index (χ3n) is 3.32. The molecule has 0 saturated heterocycles. The van der Waals surface area contributed by atoms with Crippen molar-refractivity contribution in [3.63, 3.8) is 0 Å². The smallest absolute Gasteiger partial charge is 0.322 e. The Labute approximate surface area is 122 Å². The van der Waals surface area contributed by atoms with Crippen LogP contribution in [0.4, 0.5) is 5.69 Å². The van der Waals surface area contributed by atoms with E-state index in [1.807, 2.05) is 13.1 Å². The van der Waals surface area contributed by atoms with Gasteiger partial charge in [-0.25, -0.2) is 0 Å². The summed E-state index contributed by atoms with van der Waals surface area (Å²) < 4.78 is 4.85. The molecule has 0 fully saturated rings. The van der Waals surface area contributed by atoms with E-state index in [2.05, 4.69) is 42.3 Å². The van der Waals surface area contributed by atoms with Crippen LogP contribution < -0.4 is 10.2 Å². The van der Waals surface area contributed by atoms with Gasteiger partial charge in [0.05, 0.1) is 7.11 Å². The lowest BCUT2D eigenvalue weighted by Gasteiger charge is -2.23. The van der Waals surface area contributed by atoms with Crippen LogP contribution in [-0.4, -0.2) is 39.3 Å². The second-order valence-corrected chi connectivity index (χ2v) is 5.08. The molecule has 1 N–H and O–H groups in total. The highest BCUT2D eigenvalue weighted by atomic mass is 16.5. The van der Waals surface area contributed by atoms with Crippen LogP contribution in [0.15, 0.2) is 24.3 Å². The molecule has 0 spiro atoms. The van der Waals surface area contributed by atoms with Gasteiger partial charge in [-0.2, -0.15) is 0 Å². The monoisotopic (exact) mass is 278 g/mol. The predicted molar refractivity (Wildman–Crippen MR) is 83.2 cm³/mol. The van der Waals surface area contributed by atoms with Gasteiger partial charge in [0, 0.05) is 19.3 Å². The number of hydrogen-bond donors (Lipinski definition) is 1. The van der Waals surface area contributed by atoms with Gasteiger partial charge in [0.15, 0.2) is 0 Å². The Morgan fingerprint density at radius 3 is 2.80 bits per heavy atom. The number of ether oxygens (including phenoxy) is 1. The lowest BCUT2D eigenvalue weighted by molar-refractivity contribution is -0.143. The van der Waals surface area contributed by atoms with E-state index >= 15 is 0 Å². The van der Waals surface area contributed by atoms with Crippen LogP contribution >= 0.6 is 0 Å². The summed E-state index contributed by atoms with van der Waals surface area (Å²) in [6.07, 6.45) is 1.73. The number of nitrogens with zero attached hydrogens (tertiary/aromatic N) is 1. The number of carbonyl (C=O) groups is 1. The van der Waals surface area contributed by atoms with Gasteiger partial charge in [-0.3, -0.25) is 4.79 Å². The standard InChI is InChI=1S/C16H26N2O2/c1-5-10-17-15(16(19)20-4)9-11-18(3)14-8-6-7-13(2)12-14/h6-8,12,15,17H,5,9-11H2,1-4H3. The lowest BCUT2D eigenvalue weighted by Crippen LogP contribution is -2.40. The normalized spacial score (nSPS) is 12.0. The first kappa shape index (κ1) is 16.5. The summed E-state index contributed by atoms with van der Waals surface area (Å²) in [7, 11) is 3.48. The predicted octanol–water partition coefficient (Wildman–Crippen LogP) is 2.36. The Balaban J connectivity index is 2.55. The zero-order valence-corrected chi connectivity index (χ0v) is 13.0. The molecule has 112 valence electrons. The summed E-state index contributed by atoms with van der Waals surface area (Å²) in [6.45, 7) is 5.80. The zero-order chi connectivity index (χ0) is 15.0. The van der Waals surface area contributed by atoms with E-state index < -0.39 is 0 Å². The quantitative estimate of drug-likeness (QED) is 0.741. The summed E-state index contributed by atoms with van der Waals surface area (Å²) in [5.74, 6) is -0.184. The van der Waals surface area contributed by atoms with E-state index in [9.17, 15) is 4.79 Å². The number of methoxy groups -OCH3 is 1. The Hall–Kier alpha value is -1.55. The van der Waals surface area contributed by atoms with Crippen molar-refractivity contribution in [1.29, 1.82) is 0 Å². The number of aryl methyl sites for hydroxylation is 1. The van der Waals surface area contributed by atoms with Gasteiger partial charge in [0.25, 0.3) is 0 Å². The fourth-order valence-electron chi connectivity index (χ4n) is 2.08. The van der Waals surface area contributed by atoms with Crippen molar-refractivity contribution < 1.29 is 9.53 Å². The van der Waals surface area contributed by atoms with Crippen molar-refractivity contribution in [2.75, 3.05) is 32.1 Å². The highest BCUT2D eigenvalue weighted by Crippen LogP contribution is 2.14. The lowest BCUT2D eigenvalue weighted by atomic mass is 10.1. The van der Waals surface area contributed by atoms with Crippen LogP contribution in [0.3, 0.4) is 0 Å². The summed E-state index contributed by atoms with van der Waals surface area (Å²) in [5.41, 5.74) is 2.41. The third kappa shape index (κ3) is 5.21. The number of hydrogen-bond acceptors (Lipinski definition) is 4. The molecule has 1 aromatic carbocycles. The molecule has 0 heterocycles. The number of rotatable bonds is 8. The van der Waals surface area contributed by atoms with E-state index in [1.165, 1.54) is 18.4 Å². The SMILES string of the molecule is CCCNC(CCN(C)c1cccc(C)c1)C(=O)OC. The number of carbonyl (C=O) groups excluding carboxylic acids is 1. The maximum Gasteiger partial charge on any atom is 0.322 e. The van der Waals surface area contributed by atoms with E-state index in [1.54, 1.807) is 0 Å². The highest BCUT2D eigenvalue weighted by Gasteiger charge is 2.18.